The quantitative estimate of drug-likeness (QED) is 0.724. The average Bonchev–Trinajstić information content (AvgIpc) is 2.06. The summed E-state index contributed by atoms with van der Waals surface area (Å²) in [4.78, 5) is 14.1. The van der Waals surface area contributed by atoms with Crippen molar-refractivity contribution in [2.45, 2.75) is 0 Å². The first-order valence-electron chi connectivity index (χ1n) is 4.14. The van der Waals surface area contributed by atoms with Gasteiger partial charge in [-0.2, -0.15) is 0 Å². The summed E-state index contributed by atoms with van der Waals surface area (Å²) in [6.45, 7) is 4.35. The number of rotatable bonds is 2. The molecule has 5 nitrogen and oxygen atoms in total. The largest absolute Gasteiger partial charge is 0.465 e. The summed E-state index contributed by atoms with van der Waals surface area (Å²) in [7, 11) is 0. The van der Waals surface area contributed by atoms with E-state index in [1.165, 1.54) is 4.90 Å². The van der Waals surface area contributed by atoms with Crippen molar-refractivity contribution in [3.8, 4) is 0 Å². The number of nitrogens with two attached hydrogens (primary N) is 1. The van der Waals surface area contributed by atoms with Gasteiger partial charge in [-0.25, -0.2) is 4.79 Å². The van der Waals surface area contributed by atoms with Crippen LogP contribution in [0.2, 0.25) is 0 Å². The molecule has 7 heteroatoms. The molecule has 1 aliphatic rings. The van der Waals surface area contributed by atoms with Crippen molar-refractivity contribution in [3.63, 3.8) is 0 Å². The van der Waals surface area contributed by atoms with E-state index in [2.05, 4.69) is 4.90 Å². The molecule has 0 aromatic carbocycles. The van der Waals surface area contributed by atoms with Crippen molar-refractivity contribution in [1.29, 1.82) is 0 Å². The first-order valence-corrected chi connectivity index (χ1v) is 4.14. The van der Waals surface area contributed by atoms with Gasteiger partial charge in [0.15, 0.2) is 0 Å². The monoisotopic (exact) mass is 245 g/mol. The standard InChI is InChI=1S/C7H15N3O2.2ClH/c8-1-2-9-3-5-10(6-4-9)7(11)12;;/h1-6,8H2,(H,11,12);2*1H. The Labute approximate surface area is 96.0 Å². The number of carbonyl (C=O) groups is 1. The lowest BCUT2D eigenvalue weighted by atomic mass is 10.3. The Balaban J connectivity index is 0. The number of amides is 1. The highest BCUT2D eigenvalue weighted by Crippen LogP contribution is 2.00. The Morgan fingerprint density at radius 1 is 1.21 bits per heavy atom. The first-order chi connectivity index (χ1) is 5.74. The second-order valence-electron chi connectivity index (χ2n) is 2.90. The highest BCUT2D eigenvalue weighted by atomic mass is 35.5. The molecule has 1 fully saturated rings. The molecule has 1 amide bonds. The van der Waals surface area contributed by atoms with E-state index in [0.29, 0.717) is 19.6 Å². The van der Waals surface area contributed by atoms with Gasteiger partial charge in [0.05, 0.1) is 0 Å². The molecule has 0 bridgehead atoms. The Morgan fingerprint density at radius 2 is 1.71 bits per heavy atom. The van der Waals surface area contributed by atoms with E-state index in [0.717, 1.165) is 19.6 Å². The molecule has 0 aromatic rings. The highest BCUT2D eigenvalue weighted by Gasteiger charge is 2.19. The fourth-order valence-corrected chi connectivity index (χ4v) is 1.35. The van der Waals surface area contributed by atoms with Gasteiger partial charge in [-0.1, -0.05) is 0 Å². The lowest BCUT2D eigenvalue weighted by Crippen LogP contribution is -2.49. The van der Waals surface area contributed by atoms with Crippen LogP contribution in [-0.2, 0) is 0 Å². The van der Waals surface area contributed by atoms with Crippen LogP contribution in [0.3, 0.4) is 0 Å². The van der Waals surface area contributed by atoms with Crippen molar-refractivity contribution in [3.05, 3.63) is 0 Å². The van der Waals surface area contributed by atoms with Crippen LogP contribution < -0.4 is 5.73 Å². The lowest BCUT2D eigenvalue weighted by Gasteiger charge is -2.32. The van der Waals surface area contributed by atoms with Crippen LogP contribution >= 0.6 is 24.8 Å². The van der Waals surface area contributed by atoms with Crippen molar-refractivity contribution in [2.75, 3.05) is 39.3 Å². The zero-order chi connectivity index (χ0) is 8.97. The predicted octanol–water partition coefficient (Wildman–Crippen LogP) is 0.0843. The molecule has 0 atom stereocenters. The Hall–Kier alpha value is -0.230. The van der Waals surface area contributed by atoms with Gasteiger partial charge < -0.3 is 15.7 Å². The minimum atomic E-state index is -0.817. The van der Waals surface area contributed by atoms with Crippen molar-refractivity contribution in [1.82, 2.24) is 9.80 Å². The van der Waals surface area contributed by atoms with E-state index in [-0.39, 0.29) is 24.8 Å². The molecule has 0 saturated carbocycles. The van der Waals surface area contributed by atoms with Crippen molar-refractivity contribution >= 4 is 30.9 Å². The van der Waals surface area contributed by atoms with E-state index in [1.807, 2.05) is 0 Å². The molecule has 1 saturated heterocycles. The summed E-state index contributed by atoms with van der Waals surface area (Å²) in [5.74, 6) is 0. The van der Waals surface area contributed by atoms with Gasteiger partial charge >= 0.3 is 6.09 Å². The molecule has 0 radical (unpaired) electrons. The van der Waals surface area contributed by atoms with Crippen molar-refractivity contribution < 1.29 is 9.90 Å². The van der Waals surface area contributed by atoms with Crippen LogP contribution in [-0.4, -0.2) is 60.3 Å². The molecule has 1 heterocycles. The summed E-state index contributed by atoms with van der Waals surface area (Å²) in [6.07, 6.45) is -0.817. The van der Waals surface area contributed by atoms with Gasteiger partial charge in [0.25, 0.3) is 0 Å². The van der Waals surface area contributed by atoms with Gasteiger partial charge in [0, 0.05) is 39.3 Å². The average molecular weight is 246 g/mol. The molecule has 0 unspecified atom stereocenters. The van der Waals surface area contributed by atoms with Crippen LogP contribution in [0.1, 0.15) is 0 Å². The maximum Gasteiger partial charge on any atom is 0.407 e. The molecule has 0 aliphatic carbocycles. The Kier molecular flexibility index (Phi) is 9.39. The summed E-state index contributed by atoms with van der Waals surface area (Å²) in [5.41, 5.74) is 5.38. The van der Waals surface area contributed by atoms with Crippen LogP contribution in [0.15, 0.2) is 0 Å². The van der Waals surface area contributed by atoms with E-state index in [4.69, 9.17) is 10.8 Å². The number of halogens is 2. The summed E-state index contributed by atoms with van der Waals surface area (Å²) < 4.78 is 0. The fraction of sp³-hybridized carbons (Fsp3) is 0.857. The van der Waals surface area contributed by atoms with Crippen LogP contribution in [0.4, 0.5) is 4.79 Å². The van der Waals surface area contributed by atoms with Crippen LogP contribution in [0.25, 0.3) is 0 Å². The molecular weight excluding hydrogens is 229 g/mol. The second kappa shape index (κ2) is 8.11. The zero-order valence-corrected chi connectivity index (χ0v) is 9.52. The third-order valence-corrected chi connectivity index (χ3v) is 2.09. The fourth-order valence-electron chi connectivity index (χ4n) is 1.35. The third kappa shape index (κ3) is 4.85. The van der Waals surface area contributed by atoms with E-state index in [1.54, 1.807) is 0 Å². The molecule has 3 N–H and O–H groups in total. The maximum absolute atomic E-state index is 10.5. The van der Waals surface area contributed by atoms with Crippen LogP contribution in [0, 0.1) is 0 Å². The third-order valence-electron chi connectivity index (χ3n) is 2.09. The molecule has 0 spiro atoms. The normalized spacial score (nSPS) is 16.8. The summed E-state index contributed by atoms with van der Waals surface area (Å²) in [6, 6.07) is 0. The van der Waals surface area contributed by atoms with E-state index in [9.17, 15) is 4.79 Å². The SMILES string of the molecule is Cl.Cl.NCCN1CCN(C(=O)O)CC1. The summed E-state index contributed by atoms with van der Waals surface area (Å²) >= 11 is 0. The van der Waals surface area contributed by atoms with Gasteiger partial charge in [-0.3, -0.25) is 4.90 Å². The summed E-state index contributed by atoms with van der Waals surface area (Å²) in [5, 5.41) is 8.64. The smallest absolute Gasteiger partial charge is 0.407 e. The molecule has 14 heavy (non-hydrogen) atoms. The van der Waals surface area contributed by atoms with Gasteiger partial charge in [0.1, 0.15) is 0 Å². The molecule has 0 aromatic heterocycles. The number of nitrogens with zero attached hydrogens (tertiary/aromatic N) is 2. The molecular formula is C7H17Cl2N3O2. The maximum atomic E-state index is 10.5. The van der Waals surface area contributed by atoms with Crippen LogP contribution in [0.5, 0.6) is 0 Å². The molecule has 1 aliphatic heterocycles. The topological polar surface area (TPSA) is 69.8 Å². The minimum Gasteiger partial charge on any atom is -0.465 e. The predicted molar refractivity (Wildman–Crippen MR) is 59.6 cm³/mol. The minimum absolute atomic E-state index is 0. The zero-order valence-electron chi connectivity index (χ0n) is 7.89. The van der Waals surface area contributed by atoms with Crippen molar-refractivity contribution in [2.24, 2.45) is 5.73 Å². The van der Waals surface area contributed by atoms with E-state index >= 15 is 0 Å². The Bertz CT molecular complexity index is 163. The Morgan fingerprint density at radius 3 is 2.07 bits per heavy atom. The van der Waals surface area contributed by atoms with E-state index < -0.39 is 6.09 Å². The van der Waals surface area contributed by atoms with Gasteiger partial charge in [-0.15, -0.1) is 24.8 Å². The first kappa shape index (κ1) is 16.2. The highest BCUT2D eigenvalue weighted by molar-refractivity contribution is 5.85. The number of carboxylic acid groups (broad SMARTS) is 1. The second-order valence-corrected chi connectivity index (χ2v) is 2.90. The molecule has 1 rings (SSSR count). The van der Waals surface area contributed by atoms with Gasteiger partial charge in [-0.05, 0) is 0 Å². The molecule has 86 valence electrons. The number of hydrogen-bond acceptors (Lipinski definition) is 3. The van der Waals surface area contributed by atoms with Gasteiger partial charge in [0.2, 0.25) is 0 Å². The lowest BCUT2D eigenvalue weighted by molar-refractivity contribution is 0.107. The number of hydrogen-bond donors (Lipinski definition) is 2. The number of piperazine rings is 1.